The van der Waals surface area contributed by atoms with Crippen molar-refractivity contribution >= 4 is 0 Å². The Morgan fingerprint density at radius 3 is 2.67 bits per heavy atom. The molecule has 0 aliphatic heterocycles. The summed E-state index contributed by atoms with van der Waals surface area (Å²) < 4.78 is 6.47. The van der Waals surface area contributed by atoms with Crippen LogP contribution in [0.15, 0.2) is 18.2 Å². The zero-order valence-corrected chi connectivity index (χ0v) is 14.3. The van der Waals surface area contributed by atoms with Crippen LogP contribution >= 0.6 is 0 Å². The Morgan fingerprint density at radius 2 is 1.95 bits per heavy atom. The van der Waals surface area contributed by atoms with Crippen molar-refractivity contribution in [2.45, 2.75) is 66.0 Å². The second kappa shape index (κ2) is 7.31. The Balaban J connectivity index is 2.15. The molecule has 4 atom stereocenters. The van der Waals surface area contributed by atoms with E-state index in [9.17, 15) is 0 Å². The van der Waals surface area contributed by atoms with Crippen molar-refractivity contribution in [1.82, 2.24) is 5.32 Å². The molecule has 1 aromatic carbocycles. The first kappa shape index (κ1) is 16.4. The molecule has 1 N–H and O–H groups in total. The van der Waals surface area contributed by atoms with E-state index in [-0.39, 0.29) is 6.10 Å². The molecule has 2 rings (SSSR count). The molecule has 1 saturated carbocycles. The minimum Gasteiger partial charge on any atom is -0.488 e. The van der Waals surface area contributed by atoms with Gasteiger partial charge < -0.3 is 10.1 Å². The number of hydrogen-bond donors (Lipinski definition) is 1. The van der Waals surface area contributed by atoms with Crippen LogP contribution in [0.5, 0.6) is 5.75 Å². The average Bonchev–Trinajstić information content (AvgIpc) is 2.44. The van der Waals surface area contributed by atoms with Crippen LogP contribution < -0.4 is 10.1 Å². The molecule has 1 fully saturated rings. The quantitative estimate of drug-likeness (QED) is 0.862. The van der Waals surface area contributed by atoms with Gasteiger partial charge in [0, 0.05) is 6.04 Å². The number of hydrogen-bond acceptors (Lipinski definition) is 2. The molecule has 0 saturated heterocycles. The lowest BCUT2D eigenvalue weighted by atomic mass is 9.78. The van der Waals surface area contributed by atoms with E-state index in [4.69, 9.17) is 4.74 Å². The summed E-state index contributed by atoms with van der Waals surface area (Å²) in [4.78, 5) is 0. The fourth-order valence-electron chi connectivity index (χ4n) is 3.56. The van der Waals surface area contributed by atoms with Gasteiger partial charge in [-0.3, -0.25) is 0 Å². The summed E-state index contributed by atoms with van der Waals surface area (Å²) in [5, 5.41) is 3.71. The van der Waals surface area contributed by atoms with Crippen LogP contribution in [0.4, 0.5) is 0 Å². The third-order valence-electron chi connectivity index (χ3n) is 4.86. The molecule has 1 aromatic rings. The molecule has 1 aliphatic carbocycles. The van der Waals surface area contributed by atoms with Gasteiger partial charge in [0.15, 0.2) is 0 Å². The van der Waals surface area contributed by atoms with Gasteiger partial charge in [0.25, 0.3) is 0 Å². The first-order chi connectivity index (χ1) is 10.0. The van der Waals surface area contributed by atoms with Crippen LogP contribution in [-0.4, -0.2) is 18.7 Å². The van der Waals surface area contributed by atoms with Crippen LogP contribution in [-0.2, 0) is 0 Å². The largest absolute Gasteiger partial charge is 0.488 e. The molecule has 0 spiro atoms. The highest BCUT2D eigenvalue weighted by atomic mass is 16.5. The second-order valence-corrected chi connectivity index (χ2v) is 6.89. The van der Waals surface area contributed by atoms with Gasteiger partial charge in [-0.2, -0.15) is 0 Å². The van der Waals surface area contributed by atoms with E-state index in [0.29, 0.717) is 12.0 Å². The predicted molar refractivity (Wildman–Crippen MR) is 90.0 cm³/mol. The zero-order valence-electron chi connectivity index (χ0n) is 14.3. The fourth-order valence-corrected chi connectivity index (χ4v) is 3.56. The van der Waals surface area contributed by atoms with E-state index in [2.05, 4.69) is 58.1 Å². The van der Waals surface area contributed by atoms with Gasteiger partial charge in [0.05, 0.1) is 0 Å². The molecular formula is C19H31NO. The minimum absolute atomic E-state index is 0.285. The van der Waals surface area contributed by atoms with E-state index in [0.717, 1.165) is 18.2 Å². The summed E-state index contributed by atoms with van der Waals surface area (Å²) in [6, 6.07) is 6.84. The molecule has 0 aromatic heterocycles. The number of nitrogens with one attached hydrogen (secondary N) is 1. The predicted octanol–water partition coefficient (Wildman–Crippen LogP) is 4.49. The summed E-state index contributed by atoms with van der Waals surface area (Å²) in [5.41, 5.74) is 2.58. The van der Waals surface area contributed by atoms with Crippen molar-refractivity contribution < 1.29 is 4.74 Å². The molecular weight excluding hydrogens is 258 g/mol. The average molecular weight is 289 g/mol. The van der Waals surface area contributed by atoms with Crippen LogP contribution in [0.25, 0.3) is 0 Å². The standard InChI is InChI=1S/C19H31NO/c1-6-10-20-17-12-13(2)11-15(4)19(17)21-18-9-7-8-14(3)16(18)5/h7-9,13,15,17,19-20H,6,10-12H2,1-5H3. The summed E-state index contributed by atoms with van der Waals surface area (Å²) in [5.74, 6) is 2.44. The lowest BCUT2D eigenvalue weighted by Gasteiger charge is -2.40. The maximum atomic E-state index is 6.47. The summed E-state index contributed by atoms with van der Waals surface area (Å²) in [6.45, 7) is 12.3. The number of rotatable bonds is 5. The van der Waals surface area contributed by atoms with Crippen LogP contribution in [0.3, 0.4) is 0 Å². The summed E-state index contributed by atoms with van der Waals surface area (Å²) in [7, 11) is 0. The first-order valence-electron chi connectivity index (χ1n) is 8.49. The minimum atomic E-state index is 0.285. The van der Waals surface area contributed by atoms with Gasteiger partial charge in [0.1, 0.15) is 11.9 Å². The maximum Gasteiger partial charge on any atom is 0.122 e. The lowest BCUT2D eigenvalue weighted by Crippen LogP contribution is -2.51. The van der Waals surface area contributed by atoms with Crippen molar-refractivity contribution in [2.24, 2.45) is 11.8 Å². The van der Waals surface area contributed by atoms with E-state index < -0.39 is 0 Å². The molecule has 0 amide bonds. The second-order valence-electron chi connectivity index (χ2n) is 6.89. The van der Waals surface area contributed by atoms with E-state index in [1.807, 2.05) is 0 Å². The Bertz CT molecular complexity index is 457. The third kappa shape index (κ3) is 4.00. The Kier molecular flexibility index (Phi) is 5.69. The molecule has 4 unspecified atom stereocenters. The zero-order chi connectivity index (χ0) is 15.4. The van der Waals surface area contributed by atoms with Gasteiger partial charge in [-0.25, -0.2) is 0 Å². The summed E-state index contributed by atoms with van der Waals surface area (Å²) >= 11 is 0. The molecule has 1 aliphatic rings. The SMILES string of the molecule is CCCNC1CC(C)CC(C)C1Oc1cccc(C)c1C. The highest BCUT2D eigenvalue weighted by Crippen LogP contribution is 2.33. The van der Waals surface area contributed by atoms with E-state index in [1.54, 1.807) is 0 Å². The van der Waals surface area contributed by atoms with Crippen molar-refractivity contribution in [2.75, 3.05) is 6.54 Å². The molecule has 0 bridgehead atoms. The molecule has 2 nitrogen and oxygen atoms in total. The number of benzene rings is 1. The first-order valence-corrected chi connectivity index (χ1v) is 8.49. The topological polar surface area (TPSA) is 21.3 Å². The van der Waals surface area contributed by atoms with Gasteiger partial charge in [-0.05, 0) is 68.7 Å². The van der Waals surface area contributed by atoms with Crippen molar-refractivity contribution in [3.63, 3.8) is 0 Å². The van der Waals surface area contributed by atoms with Crippen LogP contribution in [0.1, 0.15) is 51.2 Å². The fraction of sp³-hybridized carbons (Fsp3) is 0.684. The molecule has 21 heavy (non-hydrogen) atoms. The smallest absolute Gasteiger partial charge is 0.122 e. The van der Waals surface area contributed by atoms with Crippen molar-refractivity contribution in [3.05, 3.63) is 29.3 Å². The van der Waals surface area contributed by atoms with Crippen molar-refractivity contribution in [3.8, 4) is 5.75 Å². The third-order valence-corrected chi connectivity index (χ3v) is 4.86. The van der Waals surface area contributed by atoms with E-state index >= 15 is 0 Å². The molecule has 0 heterocycles. The number of aryl methyl sites for hydroxylation is 1. The number of ether oxygens (including phenoxy) is 1. The van der Waals surface area contributed by atoms with Gasteiger partial charge in [-0.15, -0.1) is 0 Å². The Hall–Kier alpha value is -1.02. The Morgan fingerprint density at radius 1 is 1.19 bits per heavy atom. The van der Waals surface area contributed by atoms with Crippen LogP contribution in [0.2, 0.25) is 0 Å². The Labute approximate surface area is 130 Å². The van der Waals surface area contributed by atoms with Crippen LogP contribution in [0, 0.1) is 25.7 Å². The summed E-state index contributed by atoms with van der Waals surface area (Å²) in [6.07, 6.45) is 3.95. The normalized spacial score (nSPS) is 29.4. The molecule has 2 heteroatoms. The van der Waals surface area contributed by atoms with Crippen molar-refractivity contribution in [1.29, 1.82) is 0 Å². The molecule has 0 radical (unpaired) electrons. The molecule has 118 valence electrons. The van der Waals surface area contributed by atoms with E-state index in [1.165, 1.54) is 30.4 Å². The monoisotopic (exact) mass is 289 g/mol. The van der Waals surface area contributed by atoms with Gasteiger partial charge in [-0.1, -0.05) is 32.9 Å². The van der Waals surface area contributed by atoms with Gasteiger partial charge >= 0.3 is 0 Å². The highest BCUT2D eigenvalue weighted by Gasteiger charge is 2.35. The lowest BCUT2D eigenvalue weighted by molar-refractivity contribution is 0.0472. The van der Waals surface area contributed by atoms with Gasteiger partial charge in [0.2, 0.25) is 0 Å². The maximum absolute atomic E-state index is 6.47. The highest BCUT2D eigenvalue weighted by molar-refractivity contribution is 5.38.